The molecule has 3 aromatic heterocycles. The second-order valence-corrected chi connectivity index (χ2v) is 5.91. The summed E-state index contributed by atoms with van der Waals surface area (Å²) in [7, 11) is 0. The fraction of sp³-hybridized carbons (Fsp3) is 0.412. The van der Waals surface area contributed by atoms with Crippen molar-refractivity contribution >= 4 is 11.6 Å². The first kappa shape index (κ1) is 16.9. The van der Waals surface area contributed by atoms with E-state index in [0.717, 1.165) is 30.0 Å². The van der Waals surface area contributed by atoms with Crippen molar-refractivity contribution in [2.75, 3.05) is 5.32 Å². The molecular formula is C17H23N7O. The predicted octanol–water partition coefficient (Wildman–Crippen LogP) is 2.23. The number of aromatic nitrogens is 6. The first-order chi connectivity index (χ1) is 12.0. The smallest absolute Gasteiger partial charge is 0.259 e. The minimum Gasteiger partial charge on any atom is -0.319 e. The number of nitrogens with zero attached hydrogens (tertiary/aromatic N) is 6. The largest absolute Gasteiger partial charge is 0.319 e. The normalized spacial score (nSPS) is 11.0. The SMILES string of the molecule is CCn1ncc(Cn2cc(NC(=O)c3cnn(CC)c3C)cn2)c1C. The van der Waals surface area contributed by atoms with Crippen LogP contribution in [0.4, 0.5) is 5.69 Å². The molecule has 0 aliphatic heterocycles. The zero-order valence-corrected chi connectivity index (χ0v) is 15.0. The van der Waals surface area contributed by atoms with Crippen LogP contribution in [0.25, 0.3) is 0 Å². The van der Waals surface area contributed by atoms with Gasteiger partial charge in [0.25, 0.3) is 5.91 Å². The first-order valence-corrected chi connectivity index (χ1v) is 8.41. The Labute approximate surface area is 146 Å². The third-order valence-corrected chi connectivity index (χ3v) is 4.38. The monoisotopic (exact) mass is 341 g/mol. The molecule has 25 heavy (non-hydrogen) atoms. The number of anilines is 1. The number of aryl methyl sites for hydroxylation is 2. The van der Waals surface area contributed by atoms with Crippen LogP contribution in [0.5, 0.6) is 0 Å². The molecular weight excluding hydrogens is 318 g/mol. The Morgan fingerprint density at radius 2 is 1.68 bits per heavy atom. The number of hydrogen-bond donors (Lipinski definition) is 1. The van der Waals surface area contributed by atoms with Gasteiger partial charge < -0.3 is 5.32 Å². The minimum atomic E-state index is -0.174. The maximum atomic E-state index is 12.4. The fourth-order valence-electron chi connectivity index (χ4n) is 2.84. The highest BCUT2D eigenvalue weighted by molar-refractivity contribution is 6.04. The minimum absolute atomic E-state index is 0.174. The highest BCUT2D eigenvalue weighted by Crippen LogP contribution is 2.14. The molecule has 0 radical (unpaired) electrons. The van der Waals surface area contributed by atoms with Gasteiger partial charge in [-0.1, -0.05) is 0 Å². The Balaban J connectivity index is 1.69. The molecule has 0 bridgehead atoms. The van der Waals surface area contributed by atoms with E-state index in [1.54, 1.807) is 21.8 Å². The second kappa shape index (κ2) is 6.92. The van der Waals surface area contributed by atoms with E-state index in [-0.39, 0.29) is 5.91 Å². The summed E-state index contributed by atoms with van der Waals surface area (Å²) in [5.41, 5.74) is 4.34. The van der Waals surface area contributed by atoms with Crippen molar-refractivity contribution in [1.29, 1.82) is 0 Å². The Hall–Kier alpha value is -2.90. The van der Waals surface area contributed by atoms with Gasteiger partial charge in [0.2, 0.25) is 0 Å². The highest BCUT2D eigenvalue weighted by atomic mass is 16.1. The van der Waals surface area contributed by atoms with E-state index in [1.165, 1.54) is 0 Å². The van der Waals surface area contributed by atoms with Crippen LogP contribution >= 0.6 is 0 Å². The van der Waals surface area contributed by atoms with E-state index in [9.17, 15) is 4.79 Å². The van der Waals surface area contributed by atoms with E-state index >= 15 is 0 Å². The third kappa shape index (κ3) is 3.33. The lowest BCUT2D eigenvalue weighted by molar-refractivity contribution is 0.102. The summed E-state index contributed by atoms with van der Waals surface area (Å²) < 4.78 is 5.55. The number of hydrogen-bond acceptors (Lipinski definition) is 4. The van der Waals surface area contributed by atoms with Crippen LogP contribution in [0.1, 0.15) is 41.2 Å². The zero-order chi connectivity index (χ0) is 18.0. The quantitative estimate of drug-likeness (QED) is 0.745. The number of amides is 1. The van der Waals surface area contributed by atoms with Crippen molar-refractivity contribution in [1.82, 2.24) is 29.3 Å². The van der Waals surface area contributed by atoms with E-state index in [2.05, 4.69) is 27.5 Å². The number of rotatable bonds is 6. The van der Waals surface area contributed by atoms with Gasteiger partial charge in [-0.15, -0.1) is 0 Å². The molecule has 0 aliphatic carbocycles. The average molecular weight is 341 g/mol. The summed E-state index contributed by atoms with van der Waals surface area (Å²) in [5.74, 6) is -0.174. The van der Waals surface area contributed by atoms with Crippen molar-refractivity contribution < 1.29 is 4.79 Å². The van der Waals surface area contributed by atoms with Crippen molar-refractivity contribution in [3.05, 3.63) is 47.3 Å². The van der Waals surface area contributed by atoms with E-state index < -0.39 is 0 Å². The molecule has 0 unspecified atom stereocenters. The standard InChI is InChI=1S/C17H23N7O/c1-5-23-12(3)14(7-19-23)10-22-11-15(8-18-22)21-17(25)16-9-20-24(6-2)13(16)4/h7-9,11H,5-6,10H2,1-4H3,(H,21,25). The van der Waals surface area contributed by atoms with Crippen LogP contribution in [0.3, 0.4) is 0 Å². The van der Waals surface area contributed by atoms with Gasteiger partial charge in [0.05, 0.1) is 36.4 Å². The summed E-state index contributed by atoms with van der Waals surface area (Å²) in [4.78, 5) is 12.4. The molecule has 8 heteroatoms. The van der Waals surface area contributed by atoms with Gasteiger partial charge in [-0.3, -0.25) is 18.8 Å². The van der Waals surface area contributed by atoms with Gasteiger partial charge in [-0.25, -0.2) is 0 Å². The number of nitrogens with one attached hydrogen (secondary N) is 1. The van der Waals surface area contributed by atoms with Gasteiger partial charge in [0, 0.05) is 36.2 Å². The van der Waals surface area contributed by atoms with Crippen LogP contribution in [-0.2, 0) is 19.6 Å². The molecule has 1 N–H and O–H groups in total. The van der Waals surface area contributed by atoms with Crippen LogP contribution in [-0.4, -0.2) is 35.2 Å². The molecule has 0 atom stereocenters. The Kier molecular flexibility index (Phi) is 4.69. The molecule has 132 valence electrons. The average Bonchev–Trinajstić information content (AvgIpc) is 3.28. The van der Waals surface area contributed by atoms with Crippen LogP contribution < -0.4 is 5.32 Å². The molecule has 3 rings (SSSR count). The highest BCUT2D eigenvalue weighted by Gasteiger charge is 2.15. The predicted molar refractivity (Wildman–Crippen MR) is 94.6 cm³/mol. The summed E-state index contributed by atoms with van der Waals surface area (Å²) in [6.07, 6.45) is 6.93. The first-order valence-electron chi connectivity index (χ1n) is 8.41. The van der Waals surface area contributed by atoms with Crippen molar-refractivity contribution in [3.8, 4) is 0 Å². The molecule has 0 saturated heterocycles. The van der Waals surface area contributed by atoms with Gasteiger partial charge in [0.1, 0.15) is 0 Å². The summed E-state index contributed by atoms with van der Waals surface area (Å²) in [6, 6.07) is 0. The summed E-state index contributed by atoms with van der Waals surface area (Å²) in [5, 5.41) is 15.7. The zero-order valence-electron chi connectivity index (χ0n) is 15.0. The van der Waals surface area contributed by atoms with Gasteiger partial charge in [-0.05, 0) is 27.7 Å². The topological polar surface area (TPSA) is 82.6 Å². The molecule has 0 aromatic carbocycles. The van der Waals surface area contributed by atoms with Gasteiger partial charge >= 0.3 is 0 Å². The molecule has 3 aromatic rings. The van der Waals surface area contributed by atoms with Crippen LogP contribution in [0.2, 0.25) is 0 Å². The Morgan fingerprint density at radius 1 is 1.00 bits per heavy atom. The number of carbonyl (C=O) groups is 1. The van der Waals surface area contributed by atoms with Crippen LogP contribution in [0, 0.1) is 13.8 Å². The lowest BCUT2D eigenvalue weighted by Crippen LogP contribution is -2.13. The maximum Gasteiger partial charge on any atom is 0.259 e. The van der Waals surface area contributed by atoms with E-state index in [4.69, 9.17) is 0 Å². The summed E-state index contributed by atoms with van der Waals surface area (Å²) in [6.45, 7) is 10.2. The molecule has 0 spiro atoms. The van der Waals surface area contributed by atoms with Crippen molar-refractivity contribution in [2.24, 2.45) is 0 Å². The molecule has 0 fully saturated rings. The Bertz CT molecular complexity index is 887. The second-order valence-electron chi connectivity index (χ2n) is 5.91. The number of carbonyl (C=O) groups excluding carboxylic acids is 1. The lowest BCUT2D eigenvalue weighted by Gasteiger charge is -2.04. The van der Waals surface area contributed by atoms with Gasteiger partial charge in [0.15, 0.2) is 0 Å². The van der Waals surface area contributed by atoms with Crippen LogP contribution in [0.15, 0.2) is 24.8 Å². The van der Waals surface area contributed by atoms with Crippen molar-refractivity contribution in [3.63, 3.8) is 0 Å². The molecule has 8 nitrogen and oxygen atoms in total. The third-order valence-electron chi connectivity index (χ3n) is 4.38. The molecule has 0 aliphatic rings. The lowest BCUT2D eigenvalue weighted by atomic mass is 10.2. The molecule has 0 saturated carbocycles. The fourth-order valence-corrected chi connectivity index (χ4v) is 2.84. The van der Waals surface area contributed by atoms with Crippen molar-refractivity contribution in [2.45, 2.75) is 47.3 Å². The van der Waals surface area contributed by atoms with E-state index in [0.29, 0.717) is 17.8 Å². The van der Waals surface area contributed by atoms with E-state index in [1.807, 2.05) is 37.8 Å². The Morgan fingerprint density at radius 3 is 2.32 bits per heavy atom. The maximum absolute atomic E-state index is 12.4. The molecule has 3 heterocycles. The summed E-state index contributed by atoms with van der Waals surface area (Å²) >= 11 is 0. The van der Waals surface area contributed by atoms with Gasteiger partial charge in [-0.2, -0.15) is 15.3 Å². The molecule has 1 amide bonds.